The predicted octanol–water partition coefficient (Wildman–Crippen LogP) is 3.30. The lowest BCUT2D eigenvalue weighted by atomic mass is 10.1. The highest BCUT2D eigenvalue weighted by Crippen LogP contribution is 2.25. The van der Waals surface area contributed by atoms with E-state index in [0.717, 1.165) is 10.9 Å². The van der Waals surface area contributed by atoms with Crippen molar-refractivity contribution in [3.63, 3.8) is 0 Å². The van der Waals surface area contributed by atoms with Crippen LogP contribution in [-0.2, 0) is 0 Å². The van der Waals surface area contributed by atoms with Gasteiger partial charge in [0.15, 0.2) is 0 Å². The molecule has 0 heterocycles. The third-order valence-electron chi connectivity index (χ3n) is 2.39. The van der Waals surface area contributed by atoms with Gasteiger partial charge < -0.3 is 4.74 Å². The largest absolute Gasteiger partial charge is 0.497 e. The van der Waals surface area contributed by atoms with Crippen molar-refractivity contribution in [2.24, 2.45) is 0 Å². The SMILES string of the molecule is COc1ccc2c(C)ccc(F)c2c1. The molecule has 14 heavy (non-hydrogen) atoms. The van der Waals surface area contributed by atoms with Gasteiger partial charge in [0.25, 0.3) is 0 Å². The highest BCUT2D eigenvalue weighted by atomic mass is 19.1. The Bertz CT molecular complexity index is 477. The van der Waals surface area contributed by atoms with Crippen molar-refractivity contribution in [1.82, 2.24) is 0 Å². The van der Waals surface area contributed by atoms with Crippen LogP contribution >= 0.6 is 0 Å². The van der Waals surface area contributed by atoms with Crippen LogP contribution in [0.1, 0.15) is 5.56 Å². The van der Waals surface area contributed by atoms with Gasteiger partial charge in [0.05, 0.1) is 7.11 Å². The van der Waals surface area contributed by atoms with Gasteiger partial charge in [-0.25, -0.2) is 4.39 Å². The maximum absolute atomic E-state index is 13.4. The van der Waals surface area contributed by atoms with Gasteiger partial charge in [-0.1, -0.05) is 12.1 Å². The van der Waals surface area contributed by atoms with Crippen LogP contribution in [0.4, 0.5) is 4.39 Å². The van der Waals surface area contributed by atoms with Crippen molar-refractivity contribution in [2.75, 3.05) is 7.11 Å². The second-order valence-electron chi connectivity index (χ2n) is 3.28. The Kier molecular flexibility index (Phi) is 2.12. The first-order valence-corrected chi connectivity index (χ1v) is 4.45. The van der Waals surface area contributed by atoms with Crippen molar-refractivity contribution in [1.29, 1.82) is 0 Å². The Morgan fingerprint density at radius 1 is 1.07 bits per heavy atom. The zero-order valence-electron chi connectivity index (χ0n) is 8.17. The fourth-order valence-corrected chi connectivity index (χ4v) is 1.57. The van der Waals surface area contributed by atoms with Crippen molar-refractivity contribution < 1.29 is 9.13 Å². The number of benzene rings is 2. The van der Waals surface area contributed by atoms with Gasteiger partial charge in [-0.05, 0) is 36.1 Å². The number of rotatable bonds is 1. The standard InChI is InChI=1S/C12H11FO/c1-8-3-6-12(13)11-7-9(14-2)4-5-10(8)11/h3-7H,1-2H3. The number of aryl methyl sites for hydroxylation is 1. The van der Waals surface area contributed by atoms with Crippen LogP contribution in [0.3, 0.4) is 0 Å². The molecule has 2 aromatic rings. The summed E-state index contributed by atoms with van der Waals surface area (Å²) in [6.07, 6.45) is 0. The second kappa shape index (κ2) is 3.29. The molecule has 0 spiro atoms. The molecule has 0 aliphatic heterocycles. The van der Waals surface area contributed by atoms with Gasteiger partial charge in [0.2, 0.25) is 0 Å². The molecule has 0 amide bonds. The summed E-state index contributed by atoms with van der Waals surface area (Å²) in [4.78, 5) is 0. The number of ether oxygens (including phenoxy) is 1. The van der Waals surface area contributed by atoms with E-state index in [9.17, 15) is 4.39 Å². The molecule has 2 rings (SSSR count). The summed E-state index contributed by atoms with van der Waals surface area (Å²) >= 11 is 0. The summed E-state index contributed by atoms with van der Waals surface area (Å²) in [5, 5.41) is 1.55. The van der Waals surface area contributed by atoms with Gasteiger partial charge in [-0.15, -0.1) is 0 Å². The van der Waals surface area contributed by atoms with Crippen molar-refractivity contribution in [2.45, 2.75) is 6.92 Å². The van der Waals surface area contributed by atoms with Crippen LogP contribution in [0.15, 0.2) is 30.3 Å². The normalized spacial score (nSPS) is 10.5. The Morgan fingerprint density at radius 3 is 2.57 bits per heavy atom. The molecular weight excluding hydrogens is 179 g/mol. The number of hydrogen-bond donors (Lipinski definition) is 0. The maximum Gasteiger partial charge on any atom is 0.131 e. The quantitative estimate of drug-likeness (QED) is 0.670. The van der Waals surface area contributed by atoms with Crippen LogP contribution in [0.2, 0.25) is 0 Å². The lowest BCUT2D eigenvalue weighted by Gasteiger charge is -2.05. The van der Waals surface area contributed by atoms with E-state index in [-0.39, 0.29) is 5.82 Å². The second-order valence-corrected chi connectivity index (χ2v) is 3.28. The fourth-order valence-electron chi connectivity index (χ4n) is 1.57. The van der Waals surface area contributed by atoms with E-state index < -0.39 is 0 Å². The Hall–Kier alpha value is -1.57. The molecule has 2 aromatic carbocycles. The molecule has 0 N–H and O–H groups in total. The van der Waals surface area contributed by atoms with Gasteiger partial charge in [0.1, 0.15) is 11.6 Å². The average molecular weight is 190 g/mol. The van der Waals surface area contributed by atoms with Crippen molar-refractivity contribution >= 4 is 10.8 Å². The third-order valence-corrected chi connectivity index (χ3v) is 2.39. The Morgan fingerprint density at radius 2 is 1.86 bits per heavy atom. The molecule has 1 nitrogen and oxygen atoms in total. The van der Waals surface area contributed by atoms with Crippen LogP contribution in [0.25, 0.3) is 10.8 Å². The van der Waals surface area contributed by atoms with E-state index in [2.05, 4.69) is 0 Å². The van der Waals surface area contributed by atoms with Crippen LogP contribution < -0.4 is 4.74 Å². The number of hydrogen-bond acceptors (Lipinski definition) is 1. The smallest absolute Gasteiger partial charge is 0.131 e. The maximum atomic E-state index is 13.4. The van der Waals surface area contributed by atoms with Crippen molar-refractivity contribution in [3.8, 4) is 5.75 Å². The molecule has 0 fully saturated rings. The third kappa shape index (κ3) is 1.33. The van der Waals surface area contributed by atoms with E-state index in [4.69, 9.17) is 4.74 Å². The first kappa shape index (κ1) is 9.00. The van der Waals surface area contributed by atoms with Crippen LogP contribution in [-0.4, -0.2) is 7.11 Å². The van der Waals surface area contributed by atoms with Crippen molar-refractivity contribution in [3.05, 3.63) is 41.7 Å². The molecule has 0 aliphatic carbocycles. The summed E-state index contributed by atoms with van der Waals surface area (Å²) < 4.78 is 18.5. The highest BCUT2D eigenvalue weighted by molar-refractivity contribution is 5.87. The van der Waals surface area contributed by atoms with Crippen LogP contribution in [0.5, 0.6) is 5.75 Å². The van der Waals surface area contributed by atoms with Gasteiger partial charge in [-0.3, -0.25) is 0 Å². The molecule has 0 aliphatic rings. The molecule has 0 unspecified atom stereocenters. The summed E-state index contributed by atoms with van der Waals surface area (Å²) in [7, 11) is 1.58. The summed E-state index contributed by atoms with van der Waals surface area (Å²) in [6.45, 7) is 1.97. The lowest BCUT2D eigenvalue weighted by Crippen LogP contribution is -1.86. The van der Waals surface area contributed by atoms with Crippen LogP contribution in [0, 0.1) is 12.7 Å². The summed E-state index contributed by atoms with van der Waals surface area (Å²) in [5.74, 6) is 0.478. The first-order valence-electron chi connectivity index (χ1n) is 4.45. The minimum atomic E-state index is -0.204. The lowest BCUT2D eigenvalue weighted by molar-refractivity contribution is 0.415. The molecule has 0 saturated carbocycles. The molecule has 0 radical (unpaired) electrons. The summed E-state index contributed by atoms with van der Waals surface area (Å²) in [6, 6.07) is 8.71. The zero-order chi connectivity index (χ0) is 10.1. The van der Waals surface area contributed by atoms with Gasteiger partial charge in [-0.2, -0.15) is 0 Å². The minimum Gasteiger partial charge on any atom is -0.497 e. The Balaban J connectivity index is 2.80. The number of fused-ring (bicyclic) bond motifs is 1. The topological polar surface area (TPSA) is 9.23 Å². The average Bonchev–Trinajstić information content (AvgIpc) is 2.23. The van der Waals surface area contributed by atoms with Gasteiger partial charge >= 0.3 is 0 Å². The predicted molar refractivity (Wildman–Crippen MR) is 55.2 cm³/mol. The first-order chi connectivity index (χ1) is 6.72. The van der Waals surface area contributed by atoms with E-state index in [1.54, 1.807) is 19.2 Å². The molecule has 0 atom stereocenters. The zero-order valence-corrected chi connectivity index (χ0v) is 8.17. The van der Waals surface area contributed by atoms with E-state index >= 15 is 0 Å². The monoisotopic (exact) mass is 190 g/mol. The molecular formula is C12H11FO. The molecule has 2 heteroatoms. The minimum absolute atomic E-state index is 0.204. The molecule has 0 aromatic heterocycles. The molecule has 72 valence electrons. The van der Waals surface area contributed by atoms with E-state index in [1.165, 1.54) is 6.07 Å². The summed E-state index contributed by atoms with van der Waals surface area (Å²) in [5.41, 5.74) is 1.07. The van der Waals surface area contributed by atoms with E-state index in [1.807, 2.05) is 19.1 Å². The van der Waals surface area contributed by atoms with Gasteiger partial charge in [0, 0.05) is 5.39 Å². The molecule has 0 bridgehead atoms. The number of methoxy groups -OCH3 is 1. The number of halogens is 1. The fraction of sp³-hybridized carbons (Fsp3) is 0.167. The highest BCUT2D eigenvalue weighted by Gasteiger charge is 2.03. The van der Waals surface area contributed by atoms with E-state index in [0.29, 0.717) is 11.1 Å². The molecule has 0 saturated heterocycles. The Labute approximate surface area is 82.1 Å².